The summed E-state index contributed by atoms with van der Waals surface area (Å²) in [5.74, 6) is -0.256. The molecule has 132 valence electrons. The van der Waals surface area contributed by atoms with Crippen LogP contribution in [0.2, 0.25) is 0 Å². The molecule has 1 saturated carbocycles. The van der Waals surface area contributed by atoms with Crippen LogP contribution in [0.4, 0.5) is 10.3 Å². The van der Waals surface area contributed by atoms with E-state index in [1.54, 1.807) is 12.3 Å². The maximum absolute atomic E-state index is 14.1. The summed E-state index contributed by atoms with van der Waals surface area (Å²) in [7, 11) is 0. The second kappa shape index (κ2) is 7.52. The Morgan fingerprint density at radius 2 is 2.04 bits per heavy atom. The Bertz CT molecular complexity index is 734. The van der Waals surface area contributed by atoms with Gasteiger partial charge in [-0.15, -0.1) is 0 Å². The van der Waals surface area contributed by atoms with E-state index in [4.69, 9.17) is 5.11 Å². The fraction of sp³-hybridized carbons (Fsp3) is 0.412. The van der Waals surface area contributed by atoms with Crippen molar-refractivity contribution >= 4 is 11.9 Å². The second-order valence-corrected chi connectivity index (χ2v) is 6.10. The summed E-state index contributed by atoms with van der Waals surface area (Å²) >= 11 is 0. The van der Waals surface area contributed by atoms with E-state index in [0.717, 1.165) is 19.3 Å². The summed E-state index contributed by atoms with van der Waals surface area (Å²) < 4.78 is 14.1. The Kier molecular flexibility index (Phi) is 5.18. The van der Waals surface area contributed by atoms with Gasteiger partial charge in [-0.3, -0.25) is 9.78 Å². The monoisotopic (exact) mass is 345 g/mol. The largest absolute Gasteiger partial charge is 0.395 e. The number of aliphatic hydroxyl groups excluding tert-OH is 1. The zero-order valence-corrected chi connectivity index (χ0v) is 13.7. The summed E-state index contributed by atoms with van der Waals surface area (Å²) in [6.07, 6.45) is 7.18. The molecule has 1 aliphatic carbocycles. The molecule has 1 fully saturated rings. The standard InChI is InChI=1S/C17H20FN5O2/c18-13-3-1-6-19-14(13)17(4-2-5-17)11-23-16-21-9-12(10-22-16)15(25)20-7-8-24/h1,3,6,9-10,24H,2,4-5,7-8,11H2,(H,20,25)(H,21,22,23). The van der Waals surface area contributed by atoms with Crippen molar-refractivity contribution in [3.8, 4) is 0 Å². The lowest BCUT2D eigenvalue weighted by Gasteiger charge is -2.41. The van der Waals surface area contributed by atoms with Crippen LogP contribution < -0.4 is 10.6 Å². The van der Waals surface area contributed by atoms with Crippen molar-refractivity contribution < 1.29 is 14.3 Å². The lowest BCUT2D eigenvalue weighted by atomic mass is 9.66. The fourth-order valence-corrected chi connectivity index (χ4v) is 2.93. The zero-order valence-electron chi connectivity index (χ0n) is 13.7. The van der Waals surface area contributed by atoms with E-state index < -0.39 is 0 Å². The summed E-state index contributed by atoms with van der Waals surface area (Å²) in [5.41, 5.74) is 0.452. The Labute approximate surface area is 144 Å². The summed E-state index contributed by atoms with van der Waals surface area (Å²) in [6, 6.07) is 3.01. The van der Waals surface area contributed by atoms with E-state index in [9.17, 15) is 9.18 Å². The Morgan fingerprint density at radius 1 is 1.28 bits per heavy atom. The van der Waals surface area contributed by atoms with E-state index in [0.29, 0.717) is 23.8 Å². The highest BCUT2D eigenvalue weighted by Crippen LogP contribution is 2.43. The smallest absolute Gasteiger partial charge is 0.254 e. The maximum atomic E-state index is 14.1. The van der Waals surface area contributed by atoms with Crippen LogP contribution in [0, 0.1) is 5.82 Å². The molecule has 25 heavy (non-hydrogen) atoms. The molecule has 0 radical (unpaired) electrons. The predicted octanol–water partition coefficient (Wildman–Crippen LogP) is 1.27. The predicted molar refractivity (Wildman–Crippen MR) is 89.7 cm³/mol. The van der Waals surface area contributed by atoms with Gasteiger partial charge in [0, 0.05) is 37.1 Å². The third kappa shape index (κ3) is 3.74. The molecule has 0 spiro atoms. The van der Waals surface area contributed by atoms with Crippen molar-refractivity contribution in [1.29, 1.82) is 0 Å². The van der Waals surface area contributed by atoms with E-state index in [1.165, 1.54) is 18.5 Å². The fourth-order valence-electron chi connectivity index (χ4n) is 2.93. The average molecular weight is 345 g/mol. The number of aliphatic hydroxyl groups is 1. The minimum absolute atomic E-state index is 0.127. The molecule has 0 aliphatic heterocycles. The van der Waals surface area contributed by atoms with Crippen LogP contribution >= 0.6 is 0 Å². The third-order valence-corrected chi connectivity index (χ3v) is 4.47. The van der Waals surface area contributed by atoms with Gasteiger partial charge in [-0.25, -0.2) is 14.4 Å². The van der Waals surface area contributed by atoms with Gasteiger partial charge in [0.25, 0.3) is 5.91 Å². The van der Waals surface area contributed by atoms with Crippen molar-refractivity contribution in [2.45, 2.75) is 24.7 Å². The molecule has 3 N–H and O–H groups in total. The molecular weight excluding hydrogens is 325 g/mol. The molecule has 0 atom stereocenters. The van der Waals surface area contributed by atoms with Crippen molar-refractivity contribution in [1.82, 2.24) is 20.3 Å². The van der Waals surface area contributed by atoms with E-state index in [1.807, 2.05) is 0 Å². The van der Waals surface area contributed by atoms with Crippen LogP contribution in [0.3, 0.4) is 0 Å². The number of anilines is 1. The molecule has 3 rings (SSSR count). The molecule has 8 heteroatoms. The van der Waals surface area contributed by atoms with Gasteiger partial charge in [-0.05, 0) is 25.0 Å². The van der Waals surface area contributed by atoms with Gasteiger partial charge in [0.2, 0.25) is 5.95 Å². The van der Waals surface area contributed by atoms with Crippen molar-refractivity contribution in [3.63, 3.8) is 0 Å². The first kappa shape index (κ1) is 17.2. The number of carbonyl (C=O) groups is 1. The molecule has 2 aromatic heterocycles. The number of aromatic nitrogens is 3. The van der Waals surface area contributed by atoms with Crippen LogP contribution in [-0.2, 0) is 5.41 Å². The number of nitrogens with one attached hydrogen (secondary N) is 2. The average Bonchev–Trinajstić information content (AvgIpc) is 2.60. The molecule has 1 aliphatic rings. The number of nitrogens with zero attached hydrogens (tertiary/aromatic N) is 3. The number of pyridine rings is 1. The van der Waals surface area contributed by atoms with Crippen LogP contribution in [0.15, 0.2) is 30.7 Å². The van der Waals surface area contributed by atoms with E-state index in [-0.39, 0.29) is 30.3 Å². The van der Waals surface area contributed by atoms with E-state index >= 15 is 0 Å². The zero-order chi connectivity index (χ0) is 17.7. The van der Waals surface area contributed by atoms with Gasteiger partial charge in [-0.1, -0.05) is 6.42 Å². The highest BCUT2D eigenvalue weighted by molar-refractivity contribution is 5.93. The SMILES string of the molecule is O=C(NCCO)c1cnc(NCC2(c3ncccc3F)CCC2)nc1. The number of halogens is 1. The highest BCUT2D eigenvalue weighted by atomic mass is 19.1. The molecule has 0 bridgehead atoms. The van der Waals surface area contributed by atoms with Crippen molar-refractivity contribution in [2.24, 2.45) is 0 Å². The minimum atomic E-state index is -0.341. The number of amides is 1. The molecule has 2 heterocycles. The number of hydrogen-bond acceptors (Lipinski definition) is 6. The van der Waals surface area contributed by atoms with Crippen LogP contribution in [0.5, 0.6) is 0 Å². The number of rotatable bonds is 7. The minimum Gasteiger partial charge on any atom is -0.395 e. The normalized spacial score (nSPS) is 15.3. The first-order valence-corrected chi connectivity index (χ1v) is 8.21. The molecule has 0 unspecified atom stereocenters. The van der Waals surface area contributed by atoms with Crippen molar-refractivity contribution in [3.05, 3.63) is 47.8 Å². The van der Waals surface area contributed by atoms with Crippen LogP contribution in [0.1, 0.15) is 35.3 Å². The van der Waals surface area contributed by atoms with Gasteiger partial charge in [0.1, 0.15) is 5.82 Å². The molecule has 0 saturated heterocycles. The summed E-state index contributed by atoms with van der Waals surface area (Å²) in [6.45, 7) is 0.534. The topological polar surface area (TPSA) is 100 Å². The van der Waals surface area contributed by atoms with Crippen molar-refractivity contribution in [2.75, 3.05) is 25.0 Å². The molecule has 2 aromatic rings. The first-order chi connectivity index (χ1) is 12.1. The summed E-state index contributed by atoms with van der Waals surface area (Å²) in [4.78, 5) is 24.2. The number of hydrogen-bond donors (Lipinski definition) is 3. The van der Waals surface area contributed by atoms with Crippen LogP contribution in [-0.4, -0.2) is 45.7 Å². The quantitative estimate of drug-likeness (QED) is 0.699. The third-order valence-electron chi connectivity index (χ3n) is 4.47. The van der Waals surface area contributed by atoms with Gasteiger partial charge in [0.15, 0.2) is 0 Å². The van der Waals surface area contributed by atoms with Gasteiger partial charge in [-0.2, -0.15) is 0 Å². The summed E-state index contributed by atoms with van der Waals surface area (Å²) in [5, 5.41) is 14.4. The lowest BCUT2D eigenvalue weighted by molar-refractivity contribution is 0.0944. The van der Waals surface area contributed by atoms with Gasteiger partial charge >= 0.3 is 0 Å². The Balaban J connectivity index is 1.65. The van der Waals surface area contributed by atoms with Gasteiger partial charge in [0.05, 0.1) is 17.9 Å². The second-order valence-electron chi connectivity index (χ2n) is 6.10. The maximum Gasteiger partial charge on any atom is 0.254 e. The van der Waals surface area contributed by atoms with E-state index in [2.05, 4.69) is 25.6 Å². The Hall–Kier alpha value is -2.61. The molecule has 1 amide bonds. The molecular formula is C17H20FN5O2. The lowest BCUT2D eigenvalue weighted by Crippen LogP contribution is -2.42. The number of carbonyl (C=O) groups excluding carboxylic acids is 1. The van der Waals surface area contributed by atoms with Gasteiger partial charge < -0.3 is 15.7 Å². The van der Waals surface area contributed by atoms with Crippen LogP contribution in [0.25, 0.3) is 0 Å². The molecule has 0 aromatic carbocycles. The molecule has 7 nitrogen and oxygen atoms in total. The Morgan fingerprint density at radius 3 is 2.64 bits per heavy atom. The first-order valence-electron chi connectivity index (χ1n) is 8.21. The highest BCUT2D eigenvalue weighted by Gasteiger charge is 2.41.